The first-order valence-electron chi connectivity index (χ1n) is 12.1. The van der Waals surface area contributed by atoms with Gasteiger partial charge in [0, 0.05) is 26.1 Å². The first kappa shape index (κ1) is 26.6. The summed E-state index contributed by atoms with van der Waals surface area (Å²) in [5.74, 6) is 1.42. The second kappa shape index (κ2) is 12.2. The monoisotopic (exact) mass is 512 g/mol. The number of benzene rings is 3. The molecule has 1 amide bonds. The van der Waals surface area contributed by atoms with Crippen molar-refractivity contribution in [2.24, 2.45) is 0 Å². The van der Waals surface area contributed by atoms with E-state index in [1.54, 1.807) is 26.5 Å². The third-order valence-corrected chi connectivity index (χ3v) is 6.10. The standard InChI is InChI=1S/C30H30N3O5/c1-22(34)31-28-18-20-33(29(35)32-28)19-7-21-38-30(23-8-5-4-6-9-23,24-10-14-26(36-2)15-11-24)25-12-16-27(37-3)17-13-25/h4-18,20H,19,21H2,1-3H3,(H,31,32,34,35). The van der Waals surface area contributed by atoms with Crippen molar-refractivity contribution >= 4 is 11.7 Å². The SMILES string of the molecule is COc1ccc(C(OC[CH]Cn2ccc(NC(C)=O)nc2=O)(c2ccccc2)c2ccc(OC)cc2)cc1. The fraction of sp³-hybridized carbons (Fsp3) is 0.200. The number of anilines is 1. The zero-order valence-electron chi connectivity index (χ0n) is 21.6. The van der Waals surface area contributed by atoms with Gasteiger partial charge in [0.2, 0.25) is 5.91 Å². The Kier molecular flexibility index (Phi) is 8.55. The van der Waals surface area contributed by atoms with E-state index in [-0.39, 0.29) is 24.9 Å². The van der Waals surface area contributed by atoms with Crippen LogP contribution >= 0.6 is 0 Å². The van der Waals surface area contributed by atoms with Gasteiger partial charge >= 0.3 is 5.69 Å². The van der Waals surface area contributed by atoms with Crippen molar-refractivity contribution in [3.63, 3.8) is 0 Å². The van der Waals surface area contributed by atoms with Crippen molar-refractivity contribution in [2.45, 2.75) is 19.1 Å². The van der Waals surface area contributed by atoms with E-state index in [4.69, 9.17) is 14.2 Å². The average Bonchev–Trinajstić information content (AvgIpc) is 2.95. The molecule has 0 atom stereocenters. The van der Waals surface area contributed by atoms with Crippen molar-refractivity contribution in [3.05, 3.63) is 125 Å². The molecular formula is C30H30N3O5. The minimum atomic E-state index is -0.950. The summed E-state index contributed by atoms with van der Waals surface area (Å²) in [4.78, 5) is 27.6. The summed E-state index contributed by atoms with van der Waals surface area (Å²) >= 11 is 0. The maximum Gasteiger partial charge on any atom is 0.349 e. The number of hydrogen-bond acceptors (Lipinski definition) is 6. The molecule has 0 unspecified atom stereocenters. The Hall–Kier alpha value is -4.43. The van der Waals surface area contributed by atoms with Gasteiger partial charge in [0.05, 0.1) is 20.8 Å². The summed E-state index contributed by atoms with van der Waals surface area (Å²) in [6.07, 6.45) is 3.46. The second-order valence-electron chi connectivity index (χ2n) is 8.53. The first-order chi connectivity index (χ1) is 18.5. The normalized spacial score (nSPS) is 11.1. The molecule has 3 aromatic carbocycles. The lowest BCUT2D eigenvalue weighted by molar-refractivity contribution is -0.114. The average molecular weight is 513 g/mol. The fourth-order valence-electron chi connectivity index (χ4n) is 4.27. The number of hydrogen-bond donors (Lipinski definition) is 1. The number of methoxy groups -OCH3 is 2. The summed E-state index contributed by atoms with van der Waals surface area (Å²) in [6, 6.07) is 27.2. The molecule has 0 spiro atoms. The van der Waals surface area contributed by atoms with Gasteiger partial charge in [0.15, 0.2) is 0 Å². The molecule has 195 valence electrons. The minimum Gasteiger partial charge on any atom is -0.497 e. The van der Waals surface area contributed by atoms with Crippen LogP contribution in [-0.2, 0) is 21.7 Å². The smallest absolute Gasteiger partial charge is 0.349 e. The summed E-state index contributed by atoms with van der Waals surface area (Å²) in [7, 11) is 3.27. The lowest BCUT2D eigenvalue weighted by atomic mass is 9.80. The molecule has 1 N–H and O–H groups in total. The maximum absolute atomic E-state index is 12.4. The molecule has 1 aromatic heterocycles. The van der Waals surface area contributed by atoms with Gasteiger partial charge < -0.3 is 19.5 Å². The van der Waals surface area contributed by atoms with Crippen molar-refractivity contribution in [1.82, 2.24) is 9.55 Å². The maximum atomic E-state index is 12.4. The van der Waals surface area contributed by atoms with Crippen LogP contribution < -0.4 is 20.5 Å². The highest BCUT2D eigenvalue weighted by Crippen LogP contribution is 2.41. The van der Waals surface area contributed by atoms with Crippen LogP contribution in [0.2, 0.25) is 0 Å². The largest absolute Gasteiger partial charge is 0.497 e. The van der Waals surface area contributed by atoms with Gasteiger partial charge in [-0.1, -0.05) is 54.6 Å². The Morgan fingerprint density at radius 3 is 1.92 bits per heavy atom. The predicted molar refractivity (Wildman–Crippen MR) is 145 cm³/mol. The van der Waals surface area contributed by atoms with Crippen LogP contribution in [0.1, 0.15) is 23.6 Å². The Morgan fingerprint density at radius 1 is 0.868 bits per heavy atom. The van der Waals surface area contributed by atoms with E-state index in [0.29, 0.717) is 0 Å². The molecule has 0 aliphatic heterocycles. The van der Waals surface area contributed by atoms with Crippen molar-refractivity contribution in [1.29, 1.82) is 0 Å². The lowest BCUT2D eigenvalue weighted by Gasteiger charge is -2.36. The number of rotatable bonds is 11. The van der Waals surface area contributed by atoms with E-state index < -0.39 is 11.3 Å². The Balaban J connectivity index is 1.66. The molecule has 0 fully saturated rings. The molecule has 0 bridgehead atoms. The van der Waals surface area contributed by atoms with Gasteiger partial charge in [-0.05, 0) is 47.0 Å². The number of aromatic nitrogens is 2. The Morgan fingerprint density at radius 2 is 1.42 bits per heavy atom. The van der Waals surface area contributed by atoms with Crippen molar-refractivity contribution < 1.29 is 19.0 Å². The molecule has 1 heterocycles. The van der Waals surface area contributed by atoms with Gasteiger partial charge in [-0.3, -0.25) is 9.36 Å². The zero-order valence-corrected chi connectivity index (χ0v) is 21.6. The molecule has 1 radical (unpaired) electrons. The summed E-state index contributed by atoms with van der Waals surface area (Å²) in [5, 5.41) is 2.51. The number of carbonyl (C=O) groups excluding carboxylic acids is 1. The molecule has 0 saturated heterocycles. The van der Waals surface area contributed by atoms with Crippen molar-refractivity contribution in [3.8, 4) is 11.5 Å². The number of ether oxygens (including phenoxy) is 3. The van der Waals surface area contributed by atoms with Crippen LogP contribution in [0, 0.1) is 6.42 Å². The predicted octanol–water partition coefficient (Wildman–Crippen LogP) is 4.43. The number of nitrogens with one attached hydrogen (secondary N) is 1. The highest BCUT2D eigenvalue weighted by molar-refractivity contribution is 5.87. The van der Waals surface area contributed by atoms with Crippen LogP contribution in [0.3, 0.4) is 0 Å². The molecule has 38 heavy (non-hydrogen) atoms. The highest BCUT2D eigenvalue weighted by Gasteiger charge is 2.37. The van der Waals surface area contributed by atoms with E-state index in [0.717, 1.165) is 28.2 Å². The van der Waals surface area contributed by atoms with Crippen LogP contribution in [0.5, 0.6) is 11.5 Å². The third-order valence-electron chi connectivity index (χ3n) is 6.10. The number of carbonyl (C=O) groups is 1. The summed E-state index contributed by atoms with van der Waals surface area (Å²) < 4.78 is 19.0. The van der Waals surface area contributed by atoms with E-state index in [9.17, 15) is 9.59 Å². The molecule has 0 aliphatic carbocycles. The van der Waals surface area contributed by atoms with Crippen LogP contribution in [-0.4, -0.2) is 36.3 Å². The molecule has 8 nitrogen and oxygen atoms in total. The molecule has 0 aliphatic rings. The Bertz CT molecular complexity index is 1350. The fourth-order valence-corrected chi connectivity index (χ4v) is 4.27. The van der Waals surface area contributed by atoms with Gasteiger partial charge in [0.1, 0.15) is 22.9 Å². The topological polar surface area (TPSA) is 91.7 Å². The molecule has 8 heteroatoms. The number of amides is 1. The molecule has 4 rings (SSSR count). The summed E-state index contributed by atoms with van der Waals surface area (Å²) in [6.45, 7) is 1.87. The Labute approximate surface area is 221 Å². The zero-order chi connectivity index (χ0) is 27.0. The first-order valence-corrected chi connectivity index (χ1v) is 12.1. The van der Waals surface area contributed by atoms with Gasteiger partial charge in [0.25, 0.3) is 0 Å². The second-order valence-corrected chi connectivity index (χ2v) is 8.53. The lowest BCUT2D eigenvalue weighted by Crippen LogP contribution is -2.34. The van der Waals surface area contributed by atoms with E-state index in [1.165, 1.54) is 11.5 Å². The van der Waals surface area contributed by atoms with Gasteiger partial charge in [-0.15, -0.1) is 0 Å². The van der Waals surface area contributed by atoms with Crippen LogP contribution in [0.15, 0.2) is 95.9 Å². The highest BCUT2D eigenvalue weighted by atomic mass is 16.5. The van der Waals surface area contributed by atoms with Gasteiger partial charge in [-0.25, -0.2) is 4.79 Å². The van der Waals surface area contributed by atoms with Gasteiger partial charge in [-0.2, -0.15) is 4.98 Å². The van der Waals surface area contributed by atoms with Crippen molar-refractivity contribution in [2.75, 3.05) is 26.1 Å². The molecule has 0 saturated carbocycles. The van der Waals surface area contributed by atoms with Crippen LogP contribution in [0.25, 0.3) is 0 Å². The van der Waals surface area contributed by atoms with E-state index >= 15 is 0 Å². The van der Waals surface area contributed by atoms with E-state index in [1.807, 2.05) is 85.3 Å². The van der Waals surface area contributed by atoms with Crippen LogP contribution in [0.4, 0.5) is 5.82 Å². The third kappa shape index (κ3) is 5.92. The minimum absolute atomic E-state index is 0.220. The summed E-state index contributed by atoms with van der Waals surface area (Å²) in [5.41, 5.74) is 1.37. The quantitative estimate of drug-likeness (QED) is 0.236. The molecule has 4 aromatic rings. The molecular weight excluding hydrogens is 482 g/mol. The van der Waals surface area contributed by atoms with E-state index in [2.05, 4.69) is 10.3 Å². The number of nitrogens with zero attached hydrogens (tertiary/aromatic N) is 2.